The van der Waals surface area contributed by atoms with E-state index in [4.69, 9.17) is 0 Å². The molecule has 1 amide bonds. The summed E-state index contributed by atoms with van der Waals surface area (Å²) in [6.45, 7) is 4.75. The van der Waals surface area contributed by atoms with Gasteiger partial charge in [-0.25, -0.2) is 4.39 Å². The minimum atomic E-state index is -0.257. The van der Waals surface area contributed by atoms with E-state index in [1.54, 1.807) is 12.1 Å². The van der Waals surface area contributed by atoms with Crippen LogP contribution < -0.4 is 5.32 Å². The van der Waals surface area contributed by atoms with E-state index in [1.807, 2.05) is 6.92 Å². The molecule has 0 radical (unpaired) electrons. The third-order valence-electron chi connectivity index (χ3n) is 5.12. The highest BCUT2D eigenvalue weighted by Crippen LogP contribution is 2.21. The van der Waals surface area contributed by atoms with Crippen molar-refractivity contribution in [3.05, 3.63) is 59.7 Å². The SMILES string of the molecule is CC(NC(=O)C1CCN(Cc2cccn2C)CC1)c1ccc(F)cc1. The van der Waals surface area contributed by atoms with Gasteiger partial charge >= 0.3 is 0 Å². The van der Waals surface area contributed by atoms with E-state index in [9.17, 15) is 9.18 Å². The van der Waals surface area contributed by atoms with E-state index in [0.29, 0.717) is 0 Å². The molecule has 1 aromatic carbocycles. The molecule has 0 spiro atoms. The predicted molar refractivity (Wildman–Crippen MR) is 96.4 cm³/mol. The quantitative estimate of drug-likeness (QED) is 0.905. The van der Waals surface area contributed by atoms with Crippen molar-refractivity contribution in [2.24, 2.45) is 13.0 Å². The van der Waals surface area contributed by atoms with Gasteiger partial charge in [0, 0.05) is 31.4 Å². The maximum Gasteiger partial charge on any atom is 0.223 e. The fraction of sp³-hybridized carbons (Fsp3) is 0.450. The molecule has 1 aromatic heterocycles. The number of likely N-dealkylation sites (tertiary alicyclic amines) is 1. The zero-order valence-corrected chi connectivity index (χ0v) is 14.9. The molecule has 1 N–H and O–H groups in total. The highest BCUT2D eigenvalue weighted by atomic mass is 19.1. The summed E-state index contributed by atoms with van der Waals surface area (Å²) in [6, 6.07) is 10.4. The lowest BCUT2D eigenvalue weighted by Crippen LogP contribution is -2.41. The van der Waals surface area contributed by atoms with Crippen LogP contribution in [0.5, 0.6) is 0 Å². The molecule has 1 unspecified atom stereocenters. The Morgan fingerprint density at radius 1 is 1.24 bits per heavy atom. The van der Waals surface area contributed by atoms with Gasteiger partial charge in [0.15, 0.2) is 0 Å². The van der Waals surface area contributed by atoms with Gasteiger partial charge in [-0.3, -0.25) is 9.69 Å². The van der Waals surface area contributed by atoms with Crippen LogP contribution in [-0.2, 0) is 18.4 Å². The van der Waals surface area contributed by atoms with Crippen LogP contribution in [-0.4, -0.2) is 28.5 Å². The molecule has 1 aliphatic rings. The third kappa shape index (κ3) is 4.48. The number of halogens is 1. The zero-order chi connectivity index (χ0) is 17.8. The fourth-order valence-electron chi connectivity index (χ4n) is 3.41. The number of hydrogen-bond acceptors (Lipinski definition) is 2. The number of rotatable bonds is 5. The lowest BCUT2D eigenvalue weighted by molar-refractivity contribution is -0.127. The number of nitrogens with one attached hydrogen (secondary N) is 1. The molecule has 1 saturated heterocycles. The molecular weight excluding hydrogens is 317 g/mol. The number of nitrogens with zero attached hydrogens (tertiary/aromatic N) is 2. The van der Waals surface area contributed by atoms with Crippen LogP contribution in [0.1, 0.15) is 37.1 Å². The number of benzene rings is 1. The second-order valence-electron chi connectivity index (χ2n) is 6.94. The molecule has 25 heavy (non-hydrogen) atoms. The average Bonchev–Trinajstić information content (AvgIpc) is 3.01. The summed E-state index contributed by atoms with van der Waals surface area (Å²) in [4.78, 5) is 14.9. The number of aromatic nitrogens is 1. The van der Waals surface area contributed by atoms with Crippen LogP contribution in [0.15, 0.2) is 42.6 Å². The molecule has 134 valence electrons. The molecule has 5 heteroatoms. The van der Waals surface area contributed by atoms with Gasteiger partial charge in [-0.1, -0.05) is 12.1 Å². The number of aryl methyl sites for hydroxylation is 1. The van der Waals surface area contributed by atoms with Crippen LogP contribution in [0.25, 0.3) is 0 Å². The number of hydrogen-bond donors (Lipinski definition) is 1. The summed E-state index contributed by atoms with van der Waals surface area (Å²) in [5, 5.41) is 3.07. The van der Waals surface area contributed by atoms with Crippen LogP contribution in [0, 0.1) is 11.7 Å². The van der Waals surface area contributed by atoms with E-state index in [2.05, 4.69) is 40.2 Å². The molecule has 2 aromatic rings. The Kier molecular flexibility index (Phi) is 5.53. The molecular formula is C20H26FN3O. The number of carbonyl (C=O) groups is 1. The third-order valence-corrected chi connectivity index (χ3v) is 5.12. The monoisotopic (exact) mass is 343 g/mol. The summed E-state index contributed by atoms with van der Waals surface area (Å²) in [6.07, 6.45) is 3.82. The van der Waals surface area contributed by atoms with Crippen LogP contribution in [0.2, 0.25) is 0 Å². The molecule has 2 heterocycles. The summed E-state index contributed by atoms with van der Waals surface area (Å²) in [7, 11) is 2.06. The smallest absolute Gasteiger partial charge is 0.223 e. The van der Waals surface area contributed by atoms with Gasteiger partial charge < -0.3 is 9.88 Å². The Morgan fingerprint density at radius 3 is 2.52 bits per heavy atom. The van der Waals surface area contributed by atoms with Crippen molar-refractivity contribution in [3.8, 4) is 0 Å². The topological polar surface area (TPSA) is 37.3 Å². The first-order valence-electron chi connectivity index (χ1n) is 8.91. The Balaban J connectivity index is 1.48. The van der Waals surface area contributed by atoms with Crippen LogP contribution >= 0.6 is 0 Å². The molecule has 3 rings (SSSR count). The van der Waals surface area contributed by atoms with Crippen LogP contribution in [0.3, 0.4) is 0 Å². The predicted octanol–water partition coefficient (Wildman–Crippen LogP) is 3.25. The van der Waals surface area contributed by atoms with Crippen molar-refractivity contribution < 1.29 is 9.18 Å². The molecule has 0 saturated carbocycles. The molecule has 1 fully saturated rings. The van der Waals surface area contributed by atoms with E-state index in [0.717, 1.165) is 38.0 Å². The van der Waals surface area contributed by atoms with Gasteiger partial charge in [-0.2, -0.15) is 0 Å². The van der Waals surface area contributed by atoms with Gasteiger partial charge in [0.05, 0.1) is 6.04 Å². The molecule has 0 aliphatic carbocycles. The first kappa shape index (κ1) is 17.7. The lowest BCUT2D eigenvalue weighted by Gasteiger charge is -2.32. The minimum absolute atomic E-state index is 0.0626. The van der Waals surface area contributed by atoms with Gasteiger partial charge in [-0.15, -0.1) is 0 Å². The van der Waals surface area contributed by atoms with E-state index < -0.39 is 0 Å². The zero-order valence-electron chi connectivity index (χ0n) is 14.9. The van der Waals surface area contributed by atoms with E-state index >= 15 is 0 Å². The summed E-state index contributed by atoms with van der Waals surface area (Å²) >= 11 is 0. The maximum atomic E-state index is 13.0. The van der Waals surface area contributed by atoms with E-state index in [-0.39, 0.29) is 23.7 Å². The van der Waals surface area contributed by atoms with Gasteiger partial charge in [-0.05, 0) is 62.7 Å². The number of carbonyl (C=O) groups excluding carboxylic acids is 1. The molecule has 1 aliphatic heterocycles. The van der Waals surface area contributed by atoms with Crippen LogP contribution in [0.4, 0.5) is 4.39 Å². The fourth-order valence-corrected chi connectivity index (χ4v) is 3.41. The van der Waals surface area contributed by atoms with E-state index in [1.165, 1.54) is 17.8 Å². The second kappa shape index (κ2) is 7.83. The maximum absolute atomic E-state index is 13.0. The van der Waals surface area contributed by atoms with Gasteiger partial charge in [0.1, 0.15) is 5.82 Å². The second-order valence-corrected chi connectivity index (χ2v) is 6.94. The minimum Gasteiger partial charge on any atom is -0.353 e. The summed E-state index contributed by atoms with van der Waals surface area (Å²) in [5.74, 6) is -0.0872. The summed E-state index contributed by atoms with van der Waals surface area (Å²) < 4.78 is 15.1. The Hall–Kier alpha value is -2.14. The Morgan fingerprint density at radius 2 is 1.92 bits per heavy atom. The van der Waals surface area contributed by atoms with Crippen molar-refractivity contribution in [3.63, 3.8) is 0 Å². The number of amides is 1. The Bertz CT molecular complexity index is 702. The highest BCUT2D eigenvalue weighted by molar-refractivity contribution is 5.79. The van der Waals surface area contributed by atoms with Gasteiger partial charge in [0.2, 0.25) is 5.91 Å². The van der Waals surface area contributed by atoms with Crippen molar-refractivity contribution in [1.29, 1.82) is 0 Å². The average molecular weight is 343 g/mol. The van der Waals surface area contributed by atoms with Crippen molar-refractivity contribution in [2.45, 2.75) is 32.4 Å². The first-order valence-corrected chi connectivity index (χ1v) is 8.91. The molecule has 0 bridgehead atoms. The lowest BCUT2D eigenvalue weighted by atomic mass is 9.95. The largest absolute Gasteiger partial charge is 0.353 e. The normalized spacial score (nSPS) is 17.4. The molecule has 1 atom stereocenters. The van der Waals surface area contributed by atoms with Crippen molar-refractivity contribution in [1.82, 2.24) is 14.8 Å². The molecule has 4 nitrogen and oxygen atoms in total. The first-order chi connectivity index (χ1) is 12.0. The van der Waals surface area contributed by atoms with Gasteiger partial charge in [0.25, 0.3) is 0 Å². The van der Waals surface area contributed by atoms with Crippen molar-refractivity contribution >= 4 is 5.91 Å². The standard InChI is InChI=1S/C20H26FN3O/c1-15(16-5-7-18(21)8-6-16)22-20(25)17-9-12-24(13-10-17)14-19-4-3-11-23(19)2/h3-8,11,15,17H,9-10,12-14H2,1-2H3,(H,22,25). The highest BCUT2D eigenvalue weighted by Gasteiger charge is 2.26. The Labute approximate surface area is 148 Å². The summed E-state index contributed by atoms with van der Waals surface area (Å²) in [5.41, 5.74) is 2.23. The number of piperidine rings is 1. The van der Waals surface area contributed by atoms with Crippen molar-refractivity contribution in [2.75, 3.05) is 13.1 Å².